The number of aromatic nitrogens is 1. The summed E-state index contributed by atoms with van der Waals surface area (Å²) in [5.74, 6) is -0.198. The molecule has 1 heterocycles. The lowest BCUT2D eigenvalue weighted by Crippen LogP contribution is -2.18. The molecular formula is C17H14N4O5. The number of pyridine rings is 1. The molecule has 0 bridgehead atoms. The van der Waals surface area contributed by atoms with Gasteiger partial charge in [-0.3, -0.25) is 4.79 Å². The zero-order valence-electron chi connectivity index (χ0n) is 13.3. The van der Waals surface area contributed by atoms with Crippen molar-refractivity contribution in [3.05, 3.63) is 87.4 Å². The lowest BCUT2D eigenvalue weighted by molar-refractivity contribution is -0.402. The number of hydrazone groups is 1. The highest BCUT2D eigenvalue weighted by Crippen LogP contribution is 2.25. The van der Waals surface area contributed by atoms with Gasteiger partial charge in [-0.25, -0.2) is 10.4 Å². The van der Waals surface area contributed by atoms with Crippen LogP contribution in [0.25, 0.3) is 10.8 Å². The Morgan fingerprint density at radius 1 is 1.12 bits per heavy atom. The van der Waals surface area contributed by atoms with E-state index in [1.807, 2.05) is 30.3 Å². The number of carbonyl (C=O) groups is 1. The van der Waals surface area contributed by atoms with Crippen molar-refractivity contribution in [1.29, 1.82) is 0 Å². The molecule has 0 radical (unpaired) electrons. The Morgan fingerprint density at radius 3 is 2.46 bits per heavy atom. The van der Waals surface area contributed by atoms with Crippen LogP contribution in [0.15, 0.2) is 66.0 Å². The Bertz CT molecular complexity index is 940. The first-order valence-corrected chi connectivity index (χ1v) is 7.31. The van der Waals surface area contributed by atoms with Gasteiger partial charge in [-0.1, -0.05) is 30.3 Å². The van der Waals surface area contributed by atoms with E-state index < -0.39 is 5.09 Å². The molecule has 0 unspecified atom stereocenters. The van der Waals surface area contributed by atoms with Gasteiger partial charge in [0.25, 0.3) is 5.91 Å². The third kappa shape index (κ3) is 4.99. The molecule has 0 saturated heterocycles. The Hall–Kier alpha value is -4.01. The Balaban J connectivity index is 0.000000552. The van der Waals surface area contributed by atoms with Gasteiger partial charge in [-0.15, -0.1) is 0 Å². The second-order valence-corrected chi connectivity index (χ2v) is 4.93. The second-order valence-electron chi connectivity index (χ2n) is 4.93. The minimum atomic E-state index is -1.75. The number of nitrogens with one attached hydrogen (secondary N) is 2. The number of hydrogen-bond acceptors (Lipinski definition) is 6. The van der Waals surface area contributed by atoms with Crippen LogP contribution in [0.3, 0.4) is 0 Å². The summed E-state index contributed by atoms with van der Waals surface area (Å²) in [6.45, 7) is 0. The molecule has 0 spiro atoms. The fourth-order valence-electron chi connectivity index (χ4n) is 2.18. The fourth-order valence-corrected chi connectivity index (χ4v) is 2.18. The number of H-pyrrole nitrogens is 1. The molecule has 0 fully saturated rings. The number of fused-ring (bicyclic) bond motifs is 1. The minimum absolute atomic E-state index is 0.117. The van der Waals surface area contributed by atoms with Gasteiger partial charge in [0.2, 0.25) is 0 Å². The third-order valence-corrected chi connectivity index (χ3v) is 3.29. The van der Waals surface area contributed by atoms with Gasteiger partial charge in [0.15, 0.2) is 12.4 Å². The number of aromatic amines is 1. The number of amides is 1. The second kappa shape index (κ2) is 8.73. The van der Waals surface area contributed by atoms with E-state index in [-0.39, 0.29) is 11.7 Å². The van der Waals surface area contributed by atoms with Crippen LogP contribution in [0.2, 0.25) is 0 Å². The molecule has 0 atom stereocenters. The molecule has 0 aliphatic carbocycles. The van der Waals surface area contributed by atoms with Crippen molar-refractivity contribution in [1.82, 2.24) is 5.43 Å². The third-order valence-electron chi connectivity index (χ3n) is 3.29. The molecule has 2 aromatic carbocycles. The van der Waals surface area contributed by atoms with Gasteiger partial charge in [0.05, 0.1) is 16.9 Å². The summed E-state index contributed by atoms with van der Waals surface area (Å²) in [4.78, 5) is 23.0. The van der Waals surface area contributed by atoms with E-state index in [0.717, 1.165) is 10.8 Å². The minimum Gasteiger partial charge on any atom is -0.507 e. The Kier molecular flexibility index (Phi) is 6.16. The highest BCUT2D eigenvalue weighted by molar-refractivity contribution is 6.03. The topological polar surface area (TPSA) is 142 Å². The zero-order valence-corrected chi connectivity index (χ0v) is 13.3. The molecule has 3 aromatic rings. The molecule has 1 amide bonds. The first-order valence-electron chi connectivity index (χ1n) is 7.31. The van der Waals surface area contributed by atoms with Crippen molar-refractivity contribution in [3.8, 4) is 5.75 Å². The predicted octanol–water partition coefficient (Wildman–Crippen LogP) is 1.88. The van der Waals surface area contributed by atoms with Gasteiger partial charge >= 0.3 is 0 Å². The molecule has 26 heavy (non-hydrogen) atoms. The van der Waals surface area contributed by atoms with Crippen LogP contribution in [0.1, 0.15) is 15.9 Å². The summed E-state index contributed by atoms with van der Waals surface area (Å²) in [7, 11) is 0. The number of rotatable bonds is 3. The van der Waals surface area contributed by atoms with Gasteiger partial charge < -0.3 is 20.4 Å². The number of phenols is 1. The summed E-state index contributed by atoms with van der Waals surface area (Å²) < 4.78 is 0. The van der Waals surface area contributed by atoms with E-state index in [2.05, 4.69) is 15.5 Å². The van der Waals surface area contributed by atoms with Crippen LogP contribution >= 0.6 is 0 Å². The van der Waals surface area contributed by atoms with E-state index in [9.17, 15) is 9.90 Å². The van der Waals surface area contributed by atoms with Crippen LogP contribution in [-0.2, 0) is 0 Å². The van der Waals surface area contributed by atoms with Crippen LogP contribution in [-0.4, -0.2) is 22.3 Å². The van der Waals surface area contributed by atoms with Crippen LogP contribution in [0.4, 0.5) is 0 Å². The van der Waals surface area contributed by atoms with Crippen molar-refractivity contribution in [2.75, 3.05) is 0 Å². The maximum Gasteiger partial charge on any atom is 0.271 e. The summed E-state index contributed by atoms with van der Waals surface area (Å²) in [5, 5.41) is 30.5. The van der Waals surface area contributed by atoms with Crippen LogP contribution in [0.5, 0.6) is 5.75 Å². The quantitative estimate of drug-likeness (QED) is 0.419. The van der Waals surface area contributed by atoms with Crippen molar-refractivity contribution in [3.63, 3.8) is 0 Å². The molecule has 0 aliphatic rings. The number of hydrogen-bond donors (Lipinski definition) is 2. The number of nitrogens with zero attached hydrogens (tertiary/aromatic N) is 2. The largest absolute Gasteiger partial charge is 0.507 e. The molecule has 132 valence electrons. The molecule has 9 heteroatoms. The number of carbonyl (C=O) groups excluding carboxylic acids is 1. The maximum absolute atomic E-state index is 11.9. The molecular weight excluding hydrogens is 340 g/mol. The number of phenolic OH excluding ortho intramolecular Hbond substituents is 1. The summed E-state index contributed by atoms with van der Waals surface area (Å²) in [6, 6.07) is 14.4. The van der Waals surface area contributed by atoms with E-state index in [4.69, 9.17) is 15.3 Å². The molecule has 9 nitrogen and oxygen atoms in total. The number of benzene rings is 2. The molecule has 0 aliphatic heterocycles. The van der Waals surface area contributed by atoms with Crippen LogP contribution < -0.4 is 10.4 Å². The van der Waals surface area contributed by atoms with E-state index in [1.165, 1.54) is 6.21 Å². The van der Waals surface area contributed by atoms with E-state index in [0.29, 0.717) is 11.1 Å². The van der Waals surface area contributed by atoms with Gasteiger partial charge in [-0.2, -0.15) is 5.10 Å². The average molecular weight is 354 g/mol. The van der Waals surface area contributed by atoms with Crippen LogP contribution in [0, 0.1) is 15.3 Å². The Labute approximate surface area is 147 Å². The zero-order chi connectivity index (χ0) is 18.9. The normalized spacial score (nSPS) is 10.2. The van der Waals surface area contributed by atoms with Crippen molar-refractivity contribution >= 4 is 22.9 Å². The average Bonchev–Trinajstić information content (AvgIpc) is 2.63. The van der Waals surface area contributed by atoms with Crippen molar-refractivity contribution in [2.45, 2.75) is 0 Å². The summed E-state index contributed by atoms with van der Waals surface area (Å²) in [5.41, 5.74) is 3.51. The standard InChI is InChI=1S/C17H13N3O2.NO3/c21-16-6-5-12-3-1-2-4-14(12)15(16)11-19-20-17(22)13-7-9-18-10-8-13;2-1(3)4/h1-11,21H,(H,20,22);/q;-1/p+1/b19-11+;. The summed E-state index contributed by atoms with van der Waals surface area (Å²) in [6.07, 6.45) is 4.77. The lowest BCUT2D eigenvalue weighted by atomic mass is 10.0. The van der Waals surface area contributed by atoms with Crippen molar-refractivity contribution in [2.24, 2.45) is 5.10 Å². The Morgan fingerprint density at radius 2 is 1.77 bits per heavy atom. The molecule has 1 aromatic heterocycles. The van der Waals surface area contributed by atoms with E-state index >= 15 is 0 Å². The van der Waals surface area contributed by atoms with Gasteiger partial charge in [0, 0.05) is 17.7 Å². The van der Waals surface area contributed by atoms with Gasteiger partial charge in [0.1, 0.15) is 5.75 Å². The molecule has 3 N–H and O–H groups in total. The smallest absolute Gasteiger partial charge is 0.271 e. The number of aromatic hydroxyl groups is 1. The fraction of sp³-hybridized carbons (Fsp3) is 0. The maximum atomic E-state index is 11.9. The highest BCUT2D eigenvalue weighted by Gasteiger charge is 2.06. The SMILES string of the molecule is O=C(N/N=C/c1c(O)ccc2ccccc12)c1cc[nH+]cc1.O=[N+]([O-])[O-]. The van der Waals surface area contributed by atoms with Gasteiger partial charge in [-0.05, 0) is 16.8 Å². The summed E-state index contributed by atoms with van der Waals surface area (Å²) >= 11 is 0. The molecule has 3 rings (SSSR count). The van der Waals surface area contributed by atoms with E-state index in [1.54, 1.807) is 30.6 Å². The monoisotopic (exact) mass is 354 g/mol. The highest BCUT2D eigenvalue weighted by atomic mass is 16.9. The first kappa shape index (κ1) is 18.3. The molecule has 0 saturated carbocycles. The lowest BCUT2D eigenvalue weighted by Gasteiger charge is -2.04. The van der Waals surface area contributed by atoms with Crippen molar-refractivity contribution < 1.29 is 20.0 Å². The first-order chi connectivity index (χ1) is 12.5. The predicted molar refractivity (Wildman–Crippen MR) is 94.0 cm³/mol.